The average Bonchev–Trinajstić information content (AvgIpc) is 2.84. The van der Waals surface area contributed by atoms with Crippen molar-refractivity contribution in [1.82, 2.24) is 14.8 Å². The van der Waals surface area contributed by atoms with Gasteiger partial charge in [0.25, 0.3) is 0 Å². The van der Waals surface area contributed by atoms with Gasteiger partial charge in [0.1, 0.15) is 5.15 Å². The Kier molecular flexibility index (Phi) is 4.47. The number of fused-ring (bicyclic) bond motifs is 1. The number of benzene rings is 1. The van der Waals surface area contributed by atoms with Crippen molar-refractivity contribution in [2.75, 3.05) is 13.7 Å². The maximum absolute atomic E-state index is 12.6. The molecule has 2 aromatic rings. The quantitative estimate of drug-likeness (QED) is 0.852. The number of aromatic nitrogens is 1. The second-order valence-corrected chi connectivity index (χ2v) is 6.30. The van der Waals surface area contributed by atoms with Gasteiger partial charge < -0.3 is 19.5 Å². The zero-order valence-electron chi connectivity index (χ0n) is 14.6. The van der Waals surface area contributed by atoms with Gasteiger partial charge in [-0.2, -0.15) is 0 Å². The summed E-state index contributed by atoms with van der Waals surface area (Å²) in [5, 5.41) is 4.24. The average molecular weight is 362 g/mol. The molecule has 1 aliphatic heterocycles. The molecule has 1 unspecified atom stereocenters. The third-order valence-corrected chi connectivity index (χ3v) is 5.07. The highest BCUT2D eigenvalue weighted by Crippen LogP contribution is 2.39. The van der Waals surface area contributed by atoms with Gasteiger partial charge in [0.15, 0.2) is 0 Å². The first-order chi connectivity index (χ1) is 11.9. The Morgan fingerprint density at radius 2 is 2.00 bits per heavy atom. The Balaban J connectivity index is 2.26. The van der Waals surface area contributed by atoms with Crippen molar-refractivity contribution in [3.63, 3.8) is 0 Å². The number of para-hydroxylation sites is 1. The van der Waals surface area contributed by atoms with E-state index in [9.17, 15) is 9.59 Å². The number of esters is 1. The molecule has 1 aromatic heterocycles. The van der Waals surface area contributed by atoms with E-state index in [4.69, 9.17) is 16.3 Å². The largest absolute Gasteiger partial charge is 0.463 e. The number of urea groups is 1. The van der Waals surface area contributed by atoms with Gasteiger partial charge in [0.2, 0.25) is 0 Å². The molecule has 6 nitrogen and oxygen atoms in total. The Bertz CT molecular complexity index is 900. The van der Waals surface area contributed by atoms with E-state index in [2.05, 4.69) is 5.32 Å². The molecule has 1 aliphatic rings. The summed E-state index contributed by atoms with van der Waals surface area (Å²) in [7, 11) is 3.47. The lowest BCUT2D eigenvalue weighted by Crippen LogP contribution is -2.46. The normalized spacial score (nSPS) is 17.9. The minimum Gasteiger partial charge on any atom is -0.463 e. The second-order valence-electron chi connectivity index (χ2n) is 5.94. The van der Waals surface area contributed by atoms with Crippen LogP contribution in [0.1, 0.15) is 25.5 Å². The molecule has 2 heterocycles. The molecule has 3 rings (SSSR count). The number of nitrogens with zero attached hydrogens (tertiary/aromatic N) is 2. The first kappa shape index (κ1) is 17.4. The molecule has 1 N–H and O–H groups in total. The number of carbonyl (C=O) groups is 2. The van der Waals surface area contributed by atoms with Gasteiger partial charge in [-0.05, 0) is 19.9 Å². The number of rotatable bonds is 3. The highest BCUT2D eigenvalue weighted by Gasteiger charge is 2.37. The highest BCUT2D eigenvalue weighted by atomic mass is 35.5. The topological polar surface area (TPSA) is 63.6 Å². The maximum Gasteiger partial charge on any atom is 0.338 e. The lowest BCUT2D eigenvalue weighted by Gasteiger charge is -2.33. The van der Waals surface area contributed by atoms with Crippen LogP contribution >= 0.6 is 11.6 Å². The lowest BCUT2D eigenvalue weighted by molar-refractivity contribution is -0.139. The van der Waals surface area contributed by atoms with E-state index < -0.39 is 12.0 Å². The molecule has 0 saturated carbocycles. The molecular weight excluding hydrogens is 342 g/mol. The summed E-state index contributed by atoms with van der Waals surface area (Å²) in [6, 6.07) is 6.74. The summed E-state index contributed by atoms with van der Waals surface area (Å²) in [6.45, 7) is 3.74. The van der Waals surface area contributed by atoms with Crippen molar-refractivity contribution in [3.05, 3.63) is 46.3 Å². The van der Waals surface area contributed by atoms with Crippen LogP contribution in [0.2, 0.25) is 5.15 Å². The molecule has 7 heteroatoms. The SMILES string of the molecule is CCOC(=O)C1=C(C)N(C)C(=O)NC1c1c(Cl)n(C)c2ccccc12. The van der Waals surface area contributed by atoms with E-state index >= 15 is 0 Å². The number of halogens is 1. The van der Waals surface area contributed by atoms with Crippen molar-refractivity contribution in [1.29, 1.82) is 0 Å². The number of hydrogen-bond acceptors (Lipinski definition) is 3. The van der Waals surface area contributed by atoms with Crippen LogP contribution < -0.4 is 5.32 Å². The van der Waals surface area contributed by atoms with Crippen molar-refractivity contribution in [2.45, 2.75) is 19.9 Å². The van der Waals surface area contributed by atoms with Gasteiger partial charge in [-0.15, -0.1) is 0 Å². The first-order valence-corrected chi connectivity index (χ1v) is 8.41. The lowest BCUT2D eigenvalue weighted by atomic mass is 9.94. The van der Waals surface area contributed by atoms with Gasteiger partial charge in [0, 0.05) is 36.3 Å². The van der Waals surface area contributed by atoms with E-state index in [1.54, 1.807) is 20.9 Å². The number of aryl methyl sites for hydroxylation is 1. The molecule has 1 atom stereocenters. The molecule has 0 aliphatic carbocycles. The predicted octanol–water partition coefficient (Wildman–Crippen LogP) is 3.36. The Labute approximate surface area is 151 Å². The Morgan fingerprint density at radius 3 is 2.68 bits per heavy atom. The standard InChI is InChI=1S/C18H20ClN3O3/c1-5-25-17(23)13-10(2)21(3)18(24)20-15(13)14-11-8-6-7-9-12(11)22(4)16(14)19/h6-9,15H,5H2,1-4H3,(H,20,24). The monoisotopic (exact) mass is 361 g/mol. The van der Waals surface area contributed by atoms with Crippen LogP contribution in [0.4, 0.5) is 4.79 Å². The van der Waals surface area contributed by atoms with Crippen LogP contribution in [-0.4, -0.2) is 35.1 Å². The molecule has 0 spiro atoms. The molecule has 0 radical (unpaired) electrons. The van der Waals surface area contributed by atoms with Crippen molar-refractivity contribution in [2.24, 2.45) is 7.05 Å². The van der Waals surface area contributed by atoms with Crippen molar-refractivity contribution >= 4 is 34.5 Å². The summed E-state index contributed by atoms with van der Waals surface area (Å²) in [4.78, 5) is 26.3. The molecule has 0 fully saturated rings. The van der Waals surface area contributed by atoms with Crippen LogP contribution in [0.3, 0.4) is 0 Å². The third kappa shape index (κ3) is 2.66. The van der Waals surface area contributed by atoms with Gasteiger partial charge >= 0.3 is 12.0 Å². The fourth-order valence-electron chi connectivity index (χ4n) is 3.19. The van der Waals surface area contributed by atoms with E-state index in [1.165, 1.54) is 4.90 Å². The second kappa shape index (κ2) is 6.44. The summed E-state index contributed by atoms with van der Waals surface area (Å²) >= 11 is 6.57. The van der Waals surface area contributed by atoms with Crippen LogP contribution in [-0.2, 0) is 16.6 Å². The molecule has 2 amide bonds. The minimum atomic E-state index is -0.665. The van der Waals surface area contributed by atoms with E-state index in [1.807, 2.05) is 35.9 Å². The zero-order valence-corrected chi connectivity index (χ0v) is 15.3. The van der Waals surface area contributed by atoms with Crippen LogP contribution in [0.15, 0.2) is 35.5 Å². The fourth-order valence-corrected chi connectivity index (χ4v) is 3.49. The number of carbonyl (C=O) groups excluding carboxylic acids is 2. The van der Waals surface area contributed by atoms with Crippen LogP contribution in [0.25, 0.3) is 10.9 Å². The smallest absolute Gasteiger partial charge is 0.338 e. The Hall–Kier alpha value is -2.47. The molecule has 0 bridgehead atoms. The number of allylic oxidation sites excluding steroid dienone is 1. The number of amides is 2. The van der Waals surface area contributed by atoms with Crippen LogP contribution in [0, 0.1) is 0 Å². The van der Waals surface area contributed by atoms with Crippen LogP contribution in [0.5, 0.6) is 0 Å². The van der Waals surface area contributed by atoms with Gasteiger partial charge in [0.05, 0.1) is 18.2 Å². The zero-order chi connectivity index (χ0) is 18.3. The number of nitrogens with one attached hydrogen (secondary N) is 1. The van der Waals surface area contributed by atoms with Crippen molar-refractivity contribution in [3.8, 4) is 0 Å². The van der Waals surface area contributed by atoms with Gasteiger partial charge in [-0.25, -0.2) is 9.59 Å². The summed E-state index contributed by atoms with van der Waals surface area (Å²) < 4.78 is 7.06. The van der Waals surface area contributed by atoms with E-state index in [0.29, 0.717) is 22.0 Å². The van der Waals surface area contributed by atoms with Gasteiger partial charge in [-0.1, -0.05) is 29.8 Å². The summed E-state index contributed by atoms with van der Waals surface area (Å²) in [5.74, 6) is -0.458. The van der Waals surface area contributed by atoms with Crippen molar-refractivity contribution < 1.29 is 14.3 Å². The van der Waals surface area contributed by atoms with E-state index in [0.717, 1.165) is 10.9 Å². The molecule has 0 saturated heterocycles. The Morgan fingerprint density at radius 1 is 1.32 bits per heavy atom. The fraction of sp³-hybridized carbons (Fsp3) is 0.333. The summed E-state index contributed by atoms with van der Waals surface area (Å²) in [5.41, 5.74) is 2.57. The molecule has 25 heavy (non-hydrogen) atoms. The number of hydrogen-bond donors (Lipinski definition) is 1. The predicted molar refractivity (Wildman–Crippen MR) is 96.3 cm³/mol. The molecular formula is C18H20ClN3O3. The van der Waals surface area contributed by atoms with E-state index in [-0.39, 0.29) is 12.6 Å². The highest BCUT2D eigenvalue weighted by molar-refractivity contribution is 6.32. The summed E-state index contributed by atoms with van der Waals surface area (Å²) in [6.07, 6.45) is 0. The molecule has 132 valence electrons. The molecule has 1 aromatic carbocycles. The maximum atomic E-state index is 12.6. The minimum absolute atomic E-state index is 0.253. The van der Waals surface area contributed by atoms with Gasteiger partial charge in [-0.3, -0.25) is 0 Å². The third-order valence-electron chi connectivity index (χ3n) is 4.61. The number of ether oxygens (including phenoxy) is 1. The first-order valence-electron chi connectivity index (χ1n) is 8.03.